The fraction of sp³-hybridized carbons (Fsp3) is 0.250. The largest absolute Gasteiger partial charge is 0.458 e. The van der Waals surface area contributed by atoms with E-state index in [0.29, 0.717) is 17.8 Å². The third-order valence-electron chi connectivity index (χ3n) is 11.3. The van der Waals surface area contributed by atoms with Gasteiger partial charge in [-0.3, -0.25) is 0 Å². The van der Waals surface area contributed by atoms with Gasteiger partial charge in [0.15, 0.2) is 0 Å². The lowest BCUT2D eigenvalue weighted by atomic mass is 9.34. The number of hydrogen-bond acceptors (Lipinski definition) is 2. The molecule has 51 heavy (non-hydrogen) atoms. The zero-order valence-corrected chi connectivity index (χ0v) is 31.3. The minimum Gasteiger partial charge on any atom is -0.458 e. The molecule has 0 radical (unpaired) electrons. The van der Waals surface area contributed by atoms with Crippen LogP contribution in [0.3, 0.4) is 0 Å². The molecule has 0 saturated carbocycles. The number of benzene rings is 6. The van der Waals surface area contributed by atoms with Gasteiger partial charge in [-0.15, -0.1) is 0 Å². The summed E-state index contributed by atoms with van der Waals surface area (Å²) < 4.78 is 6.76. The Morgan fingerprint density at radius 2 is 1.06 bits per heavy atom. The first kappa shape index (κ1) is 33.1. The van der Waals surface area contributed by atoms with Crippen LogP contribution in [0.5, 0.6) is 11.5 Å². The van der Waals surface area contributed by atoms with Crippen LogP contribution in [0.1, 0.15) is 101 Å². The summed E-state index contributed by atoms with van der Waals surface area (Å²) in [5, 5.41) is 0. The minimum absolute atomic E-state index is 0.0778. The van der Waals surface area contributed by atoms with E-state index >= 15 is 0 Å². The highest BCUT2D eigenvalue weighted by molar-refractivity contribution is 6.97. The Hall–Kier alpha value is -5.02. The molecule has 0 saturated heterocycles. The molecule has 2 nitrogen and oxygen atoms in total. The molecule has 0 unspecified atom stereocenters. The summed E-state index contributed by atoms with van der Waals surface area (Å²) in [5.74, 6) is 3.17. The van der Waals surface area contributed by atoms with Gasteiger partial charge in [0.1, 0.15) is 11.5 Å². The third kappa shape index (κ3) is 5.50. The second-order valence-corrected chi connectivity index (χ2v) is 15.9. The molecule has 0 amide bonds. The van der Waals surface area contributed by atoms with Gasteiger partial charge in [0.05, 0.1) is 11.4 Å². The predicted molar refractivity (Wildman–Crippen MR) is 219 cm³/mol. The van der Waals surface area contributed by atoms with Crippen LogP contribution in [-0.2, 0) is 5.41 Å². The highest BCUT2D eigenvalue weighted by Crippen LogP contribution is 2.51. The van der Waals surface area contributed by atoms with Crippen molar-refractivity contribution >= 4 is 40.2 Å². The van der Waals surface area contributed by atoms with Crippen LogP contribution in [0.15, 0.2) is 127 Å². The topological polar surface area (TPSA) is 12.5 Å². The van der Waals surface area contributed by atoms with Crippen molar-refractivity contribution in [2.75, 3.05) is 4.90 Å². The molecule has 0 aromatic heterocycles. The van der Waals surface area contributed by atoms with Crippen molar-refractivity contribution < 1.29 is 4.74 Å². The molecule has 0 N–H and O–H groups in total. The van der Waals surface area contributed by atoms with Gasteiger partial charge in [-0.05, 0) is 104 Å². The zero-order chi connectivity index (χ0) is 35.6. The molecule has 6 aromatic carbocycles. The average molecular weight is 666 g/mol. The number of para-hydroxylation sites is 3. The van der Waals surface area contributed by atoms with Gasteiger partial charge in [0, 0.05) is 11.1 Å². The van der Waals surface area contributed by atoms with Gasteiger partial charge in [-0.2, -0.15) is 0 Å². The van der Waals surface area contributed by atoms with E-state index in [1.807, 2.05) is 0 Å². The number of nitrogens with zero attached hydrogens (tertiary/aromatic N) is 1. The van der Waals surface area contributed by atoms with E-state index in [2.05, 4.69) is 188 Å². The van der Waals surface area contributed by atoms with Gasteiger partial charge < -0.3 is 9.64 Å². The first-order valence-electron chi connectivity index (χ1n) is 18.7. The molecular formula is C48H48BNO. The van der Waals surface area contributed by atoms with Crippen molar-refractivity contribution in [1.82, 2.24) is 0 Å². The molecule has 0 aliphatic carbocycles. The van der Waals surface area contributed by atoms with Crippen LogP contribution in [0.25, 0.3) is 11.1 Å². The summed E-state index contributed by atoms with van der Waals surface area (Å²) in [5.41, 5.74) is 16.8. The van der Waals surface area contributed by atoms with E-state index in [1.165, 1.54) is 61.1 Å². The van der Waals surface area contributed by atoms with Crippen LogP contribution in [0.4, 0.5) is 17.1 Å². The highest BCUT2D eigenvalue weighted by Gasteiger charge is 2.38. The Morgan fingerprint density at radius 1 is 0.529 bits per heavy atom. The average Bonchev–Trinajstić information content (AvgIpc) is 3.13. The van der Waals surface area contributed by atoms with Gasteiger partial charge in [0.2, 0.25) is 0 Å². The zero-order valence-electron chi connectivity index (χ0n) is 31.3. The monoisotopic (exact) mass is 665 g/mol. The molecule has 0 atom stereocenters. The van der Waals surface area contributed by atoms with Crippen LogP contribution >= 0.6 is 0 Å². The minimum atomic E-state index is -0.0778. The van der Waals surface area contributed by atoms with Crippen LogP contribution < -0.4 is 26.0 Å². The second-order valence-electron chi connectivity index (χ2n) is 15.9. The Labute approximate surface area is 305 Å². The maximum Gasteiger partial charge on any atom is 0.251 e. The summed E-state index contributed by atoms with van der Waals surface area (Å²) in [7, 11) is 0. The van der Waals surface area contributed by atoms with Gasteiger partial charge in [-0.25, -0.2) is 0 Å². The number of anilines is 3. The summed E-state index contributed by atoms with van der Waals surface area (Å²) in [6.07, 6.45) is 0. The van der Waals surface area contributed by atoms with Crippen LogP contribution in [0, 0.1) is 0 Å². The number of hydrogen-bond donors (Lipinski definition) is 0. The normalized spacial score (nSPS) is 14.3. The standard InChI is InChI=1S/C48H48BNO/c1-30(2)35-27-37(31(3)4)47(38(28-35)32(5)6)49-41-17-11-14-20-45(41)51-46-29-34(23-26-42(46)49)33-21-24-36(25-22-33)50-43-18-12-9-15-39(43)48(7,8)40-16-10-13-19-44(40)50/h9-32H,1-8H3. The van der Waals surface area contributed by atoms with E-state index in [9.17, 15) is 0 Å². The Kier molecular flexibility index (Phi) is 8.21. The van der Waals surface area contributed by atoms with E-state index in [-0.39, 0.29) is 12.1 Å². The Morgan fingerprint density at radius 3 is 1.65 bits per heavy atom. The number of fused-ring (bicyclic) bond motifs is 4. The quantitative estimate of drug-likeness (QED) is 0.164. The molecule has 0 bridgehead atoms. The van der Waals surface area contributed by atoms with E-state index < -0.39 is 0 Å². The number of rotatable bonds is 6. The van der Waals surface area contributed by atoms with Crippen LogP contribution in [-0.4, -0.2) is 6.71 Å². The highest BCUT2D eigenvalue weighted by atomic mass is 16.5. The molecule has 2 aliphatic heterocycles. The second kappa shape index (κ2) is 12.6. The summed E-state index contributed by atoms with van der Waals surface area (Å²) in [6, 6.07) is 47.2. The van der Waals surface area contributed by atoms with Crippen molar-refractivity contribution in [1.29, 1.82) is 0 Å². The Balaban J connectivity index is 1.22. The molecular weight excluding hydrogens is 617 g/mol. The van der Waals surface area contributed by atoms with E-state index in [4.69, 9.17) is 4.74 Å². The molecule has 254 valence electrons. The van der Waals surface area contributed by atoms with Gasteiger partial charge in [0.25, 0.3) is 6.71 Å². The summed E-state index contributed by atoms with van der Waals surface area (Å²) in [6.45, 7) is 18.7. The first-order valence-corrected chi connectivity index (χ1v) is 18.7. The lowest BCUT2D eigenvalue weighted by Crippen LogP contribution is -2.57. The van der Waals surface area contributed by atoms with Gasteiger partial charge >= 0.3 is 0 Å². The molecule has 2 aliphatic rings. The smallest absolute Gasteiger partial charge is 0.251 e. The SMILES string of the molecule is CC(C)c1cc(C(C)C)c(B2c3ccccc3Oc3cc(-c4ccc(N5c6ccccc6C(C)(C)c6ccccc65)cc4)ccc32)c(C(C)C)c1. The molecule has 8 rings (SSSR count). The lowest BCUT2D eigenvalue weighted by Gasteiger charge is -2.42. The fourth-order valence-corrected chi connectivity index (χ4v) is 8.54. The van der Waals surface area contributed by atoms with Crippen molar-refractivity contribution in [3.8, 4) is 22.6 Å². The maximum atomic E-state index is 6.76. The number of ether oxygens (including phenoxy) is 1. The van der Waals surface area contributed by atoms with Crippen molar-refractivity contribution in [3.63, 3.8) is 0 Å². The first-order chi connectivity index (χ1) is 24.5. The van der Waals surface area contributed by atoms with Gasteiger partial charge in [-0.1, -0.05) is 152 Å². The van der Waals surface area contributed by atoms with E-state index in [1.54, 1.807) is 0 Å². The van der Waals surface area contributed by atoms with Crippen molar-refractivity contribution in [2.24, 2.45) is 0 Å². The Bertz CT molecular complexity index is 2180. The molecule has 0 spiro atoms. The van der Waals surface area contributed by atoms with Crippen molar-refractivity contribution in [3.05, 3.63) is 155 Å². The lowest BCUT2D eigenvalue weighted by molar-refractivity contribution is 0.487. The van der Waals surface area contributed by atoms with Crippen LogP contribution in [0.2, 0.25) is 0 Å². The molecule has 2 heterocycles. The molecule has 6 aromatic rings. The fourth-order valence-electron chi connectivity index (χ4n) is 8.54. The summed E-state index contributed by atoms with van der Waals surface area (Å²) in [4.78, 5) is 2.42. The summed E-state index contributed by atoms with van der Waals surface area (Å²) >= 11 is 0. The molecule has 0 fully saturated rings. The van der Waals surface area contributed by atoms with E-state index in [0.717, 1.165) is 22.7 Å². The predicted octanol–water partition coefficient (Wildman–Crippen LogP) is 11.5. The van der Waals surface area contributed by atoms with Crippen molar-refractivity contribution in [2.45, 2.75) is 78.6 Å². The molecule has 3 heteroatoms. The maximum absolute atomic E-state index is 6.76. The third-order valence-corrected chi connectivity index (χ3v) is 11.3.